The molecule has 0 N–H and O–H groups in total. The van der Waals surface area contributed by atoms with E-state index in [1.165, 1.54) is 11.1 Å². The third-order valence-corrected chi connectivity index (χ3v) is 11.5. The van der Waals surface area contributed by atoms with Gasteiger partial charge >= 0.3 is 0 Å². The third-order valence-electron chi connectivity index (χ3n) is 11.5. The number of nitrogens with zero attached hydrogens (tertiary/aromatic N) is 2. The zero-order valence-corrected chi connectivity index (χ0v) is 32.2. The average molecular weight is 771 g/mol. The molecule has 0 fully saturated rings. The summed E-state index contributed by atoms with van der Waals surface area (Å²) in [6.07, 6.45) is 0. The van der Waals surface area contributed by atoms with Gasteiger partial charge in [-0.3, -0.25) is 0 Å². The molecule has 5 heteroatoms. The molecule has 0 aliphatic heterocycles. The fourth-order valence-corrected chi connectivity index (χ4v) is 8.64. The van der Waals surface area contributed by atoms with Gasteiger partial charge in [-0.2, -0.15) is 0 Å². The van der Waals surface area contributed by atoms with Crippen molar-refractivity contribution >= 4 is 72.0 Å². The monoisotopic (exact) mass is 770 g/mol. The first-order valence-corrected chi connectivity index (χ1v) is 20.1. The fraction of sp³-hybridized carbons (Fsp3) is 0. The first-order chi connectivity index (χ1) is 29.7. The van der Waals surface area contributed by atoms with Crippen LogP contribution in [0.4, 0.5) is 17.1 Å². The number of furan rings is 2. The van der Waals surface area contributed by atoms with E-state index in [1.807, 2.05) is 60.7 Å². The standard InChI is InChI=1S/C55H34N2O3/c1-3-11-35(12-4-1)36-21-26-41(27-22-36)57(43-16-9-15-40(33-43)44-18-10-20-49-52(44)45-17-7-8-19-48(45)58-49)42-28-23-37(24-29-42)39-25-30-46-51(34-39)59-50-32-31-47-54(53(46)50)60-55(56-47)38-13-5-2-6-14-38/h1-34H. The lowest BCUT2D eigenvalue weighted by atomic mass is 9.98. The Hall–Kier alpha value is -8.15. The molecule has 0 unspecified atom stereocenters. The van der Waals surface area contributed by atoms with E-state index in [4.69, 9.17) is 18.2 Å². The molecule has 3 aromatic heterocycles. The van der Waals surface area contributed by atoms with Crippen LogP contribution >= 0.6 is 0 Å². The SMILES string of the molecule is c1ccc(-c2ccc(N(c3ccc(-c4ccc5c(c4)oc4ccc6nc(-c7ccccc7)oc6c45)cc3)c3cccc(-c4cccc5oc6ccccc6c45)c3)cc2)cc1. The van der Waals surface area contributed by atoms with Gasteiger partial charge in [-0.15, -0.1) is 0 Å². The summed E-state index contributed by atoms with van der Waals surface area (Å²) in [5.41, 5.74) is 15.7. The van der Waals surface area contributed by atoms with Crippen molar-refractivity contribution in [2.45, 2.75) is 0 Å². The van der Waals surface area contributed by atoms with Crippen LogP contribution in [-0.2, 0) is 0 Å². The van der Waals surface area contributed by atoms with Crippen molar-refractivity contribution in [1.29, 1.82) is 0 Å². The Balaban J connectivity index is 0.936. The number of aromatic nitrogens is 1. The highest BCUT2D eigenvalue weighted by molar-refractivity contribution is 6.17. The predicted molar refractivity (Wildman–Crippen MR) is 245 cm³/mol. The van der Waals surface area contributed by atoms with Gasteiger partial charge in [0.15, 0.2) is 5.58 Å². The maximum Gasteiger partial charge on any atom is 0.227 e. The second-order valence-corrected chi connectivity index (χ2v) is 15.1. The van der Waals surface area contributed by atoms with Crippen molar-refractivity contribution in [2.75, 3.05) is 4.90 Å². The van der Waals surface area contributed by atoms with Crippen LogP contribution in [0.15, 0.2) is 220 Å². The molecule has 0 aliphatic rings. The minimum absolute atomic E-state index is 0.598. The minimum Gasteiger partial charge on any atom is -0.456 e. The molecule has 0 aliphatic carbocycles. The number of hydrogen-bond acceptors (Lipinski definition) is 5. The number of anilines is 3. The molecule has 0 saturated heterocycles. The summed E-state index contributed by atoms with van der Waals surface area (Å²) in [6, 6.07) is 71.8. The van der Waals surface area contributed by atoms with Crippen LogP contribution in [0, 0.1) is 0 Å². The third kappa shape index (κ3) is 5.67. The Morgan fingerprint density at radius 2 is 0.917 bits per heavy atom. The van der Waals surface area contributed by atoms with Gasteiger partial charge in [0.2, 0.25) is 5.89 Å². The van der Waals surface area contributed by atoms with E-state index in [0.29, 0.717) is 5.89 Å². The quantitative estimate of drug-likeness (QED) is 0.162. The number of oxazole rings is 1. The molecule has 12 aromatic rings. The van der Waals surface area contributed by atoms with Gasteiger partial charge in [-0.25, -0.2) is 4.98 Å². The van der Waals surface area contributed by atoms with Gasteiger partial charge < -0.3 is 18.2 Å². The second-order valence-electron chi connectivity index (χ2n) is 15.1. The molecule has 3 heterocycles. The topological polar surface area (TPSA) is 55.6 Å². The first-order valence-electron chi connectivity index (χ1n) is 20.1. The fourth-order valence-electron chi connectivity index (χ4n) is 8.64. The summed E-state index contributed by atoms with van der Waals surface area (Å²) in [4.78, 5) is 7.12. The first kappa shape index (κ1) is 33.9. The Labute approximate surface area is 345 Å². The molecule has 0 bridgehead atoms. The van der Waals surface area contributed by atoms with E-state index < -0.39 is 0 Å². The molecular formula is C55H34N2O3. The lowest BCUT2D eigenvalue weighted by molar-refractivity contribution is 0.622. The van der Waals surface area contributed by atoms with Crippen LogP contribution in [0.1, 0.15) is 0 Å². The number of para-hydroxylation sites is 1. The van der Waals surface area contributed by atoms with Crippen molar-refractivity contribution in [2.24, 2.45) is 0 Å². The highest BCUT2D eigenvalue weighted by atomic mass is 16.4. The summed E-state index contributed by atoms with van der Waals surface area (Å²) < 4.78 is 19.1. The number of fused-ring (bicyclic) bond motifs is 8. The van der Waals surface area contributed by atoms with Gasteiger partial charge in [-0.05, 0) is 118 Å². The Morgan fingerprint density at radius 3 is 1.70 bits per heavy atom. The highest BCUT2D eigenvalue weighted by Crippen LogP contribution is 2.42. The van der Waals surface area contributed by atoms with Crippen LogP contribution < -0.4 is 4.90 Å². The number of rotatable bonds is 7. The normalized spacial score (nSPS) is 11.7. The molecule has 9 aromatic carbocycles. The van der Waals surface area contributed by atoms with Crippen molar-refractivity contribution in [3.05, 3.63) is 206 Å². The Kier molecular flexibility index (Phi) is 7.78. The van der Waals surface area contributed by atoms with Crippen molar-refractivity contribution in [3.8, 4) is 44.8 Å². The van der Waals surface area contributed by atoms with Crippen molar-refractivity contribution in [3.63, 3.8) is 0 Å². The minimum atomic E-state index is 0.598. The smallest absolute Gasteiger partial charge is 0.227 e. The maximum absolute atomic E-state index is 6.45. The number of benzene rings is 9. The molecule has 60 heavy (non-hydrogen) atoms. The van der Waals surface area contributed by atoms with Crippen LogP contribution in [-0.4, -0.2) is 4.98 Å². The molecule has 5 nitrogen and oxygen atoms in total. The summed E-state index contributed by atoms with van der Waals surface area (Å²) in [7, 11) is 0. The zero-order chi connectivity index (χ0) is 39.6. The van der Waals surface area contributed by atoms with Gasteiger partial charge in [-0.1, -0.05) is 121 Å². The van der Waals surface area contributed by atoms with E-state index in [1.54, 1.807) is 0 Å². The number of hydrogen-bond donors (Lipinski definition) is 0. The summed E-state index contributed by atoms with van der Waals surface area (Å²) >= 11 is 0. The van der Waals surface area contributed by atoms with E-state index in [0.717, 1.165) is 99.9 Å². The van der Waals surface area contributed by atoms with Crippen LogP contribution in [0.2, 0.25) is 0 Å². The molecule has 0 atom stereocenters. The predicted octanol–water partition coefficient (Wildman–Crippen LogP) is 15.8. The van der Waals surface area contributed by atoms with Gasteiger partial charge in [0.05, 0.1) is 5.39 Å². The zero-order valence-electron chi connectivity index (χ0n) is 32.2. The van der Waals surface area contributed by atoms with Crippen molar-refractivity contribution in [1.82, 2.24) is 4.98 Å². The lowest BCUT2D eigenvalue weighted by Crippen LogP contribution is -2.10. The Morgan fingerprint density at radius 1 is 0.333 bits per heavy atom. The van der Waals surface area contributed by atoms with E-state index in [9.17, 15) is 0 Å². The average Bonchev–Trinajstić information content (AvgIpc) is 4.04. The molecule has 12 rings (SSSR count). The lowest BCUT2D eigenvalue weighted by Gasteiger charge is -2.26. The second kappa shape index (κ2) is 13.8. The van der Waals surface area contributed by atoms with E-state index in [2.05, 4.69) is 150 Å². The van der Waals surface area contributed by atoms with Crippen LogP contribution in [0.5, 0.6) is 0 Å². The summed E-state index contributed by atoms with van der Waals surface area (Å²) in [5.74, 6) is 0.598. The maximum atomic E-state index is 6.45. The molecule has 0 saturated carbocycles. The van der Waals surface area contributed by atoms with E-state index in [-0.39, 0.29) is 0 Å². The largest absolute Gasteiger partial charge is 0.456 e. The van der Waals surface area contributed by atoms with Gasteiger partial charge in [0.1, 0.15) is 27.8 Å². The van der Waals surface area contributed by atoms with Crippen molar-refractivity contribution < 1.29 is 13.3 Å². The van der Waals surface area contributed by atoms with E-state index >= 15 is 0 Å². The highest BCUT2D eigenvalue weighted by Gasteiger charge is 2.19. The molecule has 0 spiro atoms. The molecular weight excluding hydrogens is 737 g/mol. The Bertz CT molecular complexity index is 3530. The summed E-state index contributed by atoms with van der Waals surface area (Å²) in [6.45, 7) is 0. The molecule has 0 amide bonds. The van der Waals surface area contributed by atoms with Crippen LogP contribution in [0.25, 0.3) is 99.8 Å². The molecule has 282 valence electrons. The summed E-state index contributed by atoms with van der Waals surface area (Å²) in [5, 5.41) is 4.17. The van der Waals surface area contributed by atoms with Crippen LogP contribution in [0.3, 0.4) is 0 Å². The van der Waals surface area contributed by atoms with Gasteiger partial charge in [0, 0.05) is 38.8 Å². The van der Waals surface area contributed by atoms with Gasteiger partial charge in [0.25, 0.3) is 0 Å². The molecule has 0 radical (unpaired) electrons.